The van der Waals surface area contributed by atoms with Crippen molar-refractivity contribution in [1.29, 1.82) is 5.26 Å². The Morgan fingerprint density at radius 3 is 2.52 bits per heavy atom. The van der Waals surface area contributed by atoms with Crippen molar-refractivity contribution in [2.45, 2.75) is 45.3 Å². The van der Waals surface area contributed by atoms with E-state index in [-0.39, 0.29) is 6.10 Å². The zero-order valence-corrected chi connectivity index (χ0v) is 14.8. The summed E-state index contributed by atoms with van der Waals surface area (Å²) in [6.07, 6.45) is 3.45. The number of hydrogen-bond acceptors (Lipinski definition) is 5. The first-order valence-electron chi connectivity index (χ1n) is 7.96. The van der Waals surface area contributed by atoms with E-state index in [9.17, 15) is 8.42 Å². The molecule has 1 unspecified atom stereocenters. The molecule has 23 heavy (non-hydrogen) atoms. The molecule has 128 valence electrons. The number of benzene rings is 1. The molecule has 0 N–H and O–H groups in total. The molecule has 0 amide bonds. The predicted molar refractivity (Wildman–Crippen MR) is 91.2 cm³/mol. The highest BCUT2D eigenvalue weighted by molar-refractivity contribution is 7.86. The van der Waals surface area contributed by atoms with Crippen LogP contribution in [0, 0.1) is 11.3 Å². The van der Waals surface area contributed by atoms with Crippen molar-refractivity contribution < 1.29 is 12.6 Å². The van der Waals surface area contributed by atoms with Crippen LogP contribution in [0.2, 0.25) is 0 Å². The van der Waals surface area contributed by atoms with E-state index in [1.807, 2.05) is 25.1 Å². The van der Waals surface area contributed by atoms with Crippen molar-refractivity contribution in [3.05, 3.63) is 35.9 Å². The molecule has 1 rings (SSSR count). The molecule has 0 bridgehead atoms. The molecular weight excluding hydrogens is 312 g/mol. The van der Waals surface area contributed by atoms with Crippen LogP contribution in [0.3, 0.4) is 0 Å². The Kier molecular flexibility index (Phi) is 8.85. The molecule has 1 aromatic rings. The van der Waals surface area contributed by atoms with Crippen LogP contribution in [-0.2, 0) is 20.8 Å². The number of rotatable bonds is 11. The zero-order valence-electron chi connectivity index (χ0n) is 13.9. The van der Waals surface area contributed by atoms with Crippen molar-refractivity contribution in [3.63, 3.8) is 0 Å². The normalized spacial score (nSPS) is 13.0. The number of hydrogen-bond donors (Lipinski definition) is 0. The fourth-order valence-electron chi connectivity index (χ4n) is 2.39. The molecule has 0 heterocycles. The van der Waals surface area contributed by atoms with Gasteiger partial charge in [0.1, 0.15) is 0 Å². The van der Waals surface area contributed by atoms with Crippen LogP contribution in [0.1, 0.15) is 38.2 Å². The van der Waals surface area contributed by atoms with Gasteiger partial charge in [-0.3, -0.25) is 9.08 Å². The van der Waals surface area contributed by atoms with E-state index < -0.39 is 10.1 Å². The Balaban J connectivity index is 2.59. The van der Waals surface area contributed by atoms with E-state index in [1.165, 1.54) is 5.56 Å². The molecule has 0 aromatic heterocycles. The van der Waals surface area contributed by atoms with Gasteiger partial charge >= 0.3 is 0 Å². The van der Waals surface area contributed by atoms with Gasteiger partial charge in [-0.1, -0.05) is 37.3 Å². The minimum atomic E-state index is -3.42. The van der Waals surface area contributed by atoms with Crippen molar-refractivity contribution in [2.24, 2.45) is 0 Å². The van der Waals surface area contributed by atoms with Gasteiger partial charge in [0, 0.05) is 19.5 Å². The lowest BCUT2D eigenvalue weighted by Gasteiger charge is -2.24. The van der Waals surface area contributed by atoms with Crippen LogP contribution < -0.4 is 0 Å². The highest BCUT2D eigenvalue weighted by Crippen LogP contribution is 2.12. The van der Waals surface area contributed by atoms with E-state index in [0.29, 0.717) is 19.3 Å². The minimum absolute atomic E-state index is 0.292. The van der Waals surface area contributed by atoms with Gasteiger partial charge in [-0.25, -0.2) is 0 Å². The molecule has 1 aromatic carbocycles. The largest absolute Gasteiger partial charge is 0.299 e. The lowest BCUT2D eigenvalue weighted by Crippen LogP contribution is -2.29. The van der Waals surface area contributed by atoms with E-state index >= 15 is 0 Å². The zero-order chi connectivity index (χ0) is 17.1. The summed E-state index contributed by atoms with van der Waals surface area (Å²) in [4.78, 5) is 2.25. The molecule has 0 radical (unpaired) electrons. The average Bonchev–Trinajstić information content (AvgIpc) is 2.51. The fourth-order valence-corrected chi connectivity index (χ4v) is 3.11. The lowest BCUT2D eigenvalue weighted by molar-refractivity contribution is 0.162. The highest BCUT2D eigenvalue weighted by Gasteiger charge is 2.15. The lowest BCUT2D eigenvalue weighted by atomic mass is 10.1. The topological polar surface area (TPSA) is 70.4 Å². The highest BCUT2D eigenvalue weighted by atomic mass is 32.2. The van der Waals surface area contributed by atoms with E-state index in [2.05, 4.69) is 23.1 Å². The average molecular weight is 338 g/mol. The summed E-state index contributed by atoms with van der Waals surface area (Å²) in [6.45, 7) is 4.28. The maximum absolute atomic E-state index is 11.3. The molecule has 0 aliphatic heterocycles. The summed E-state index contributed by atoms with van der Waals surface area (Å²) in [6, 6.07) is 12.3. The summed E-state index contributed by atoms with van der Waals surface area (Å²) in [7, 11) is -3.42. The Hall–Kier alpha value is -1.42. The van der Waals surface area contributed by atoms with Crippen LogP contribution in [0.25, 0.3) is 0 Å². The van der Waals surface area contributed by atoms with Gasteiger partial charge in [-0.2, -0.15) is 13.7 Å². The molecule has 0 saturated heterocycles. The first-order chi connectivity index (χ1) is 10.9. The van der Waals surface area contributed by atoms with Gasteiger partial charge in [0.05, 0.1) is 18.4 Å². The van der Waals surface area contributed by atoms with Crippen LogP contribution in [0.15, 0.2) is 30.3 Å². The number of unbranched alkanes of at least 4 members (excludes halogenated alkanes) is 1. The summed E-state index contributed by atoms with van der Waals surface area (Å²) >= 11 is 0. The second kappa shape index (κ2) is 10.4. The van der Waals surface area contributed by atoms with Crippen molar-refractivity contribution in [1.82, 2.24) is 4.90 Å². The second-order valence-corrected chi connectivity index (χ2v) is 7.24. The summed E-state index contributed by atoms with van der Waals surface area (Å²) < 4.78 is 27.7. The monoisotopic (exact) mass is 338 g/mol. The Morgan fingerprint density at radius 2 is 1.96 bits per heavy atom. The molecule has 0 fully saturated rings. The SMILES string of the molecule is CCC(CCN(CCCC#N)Cc1ccccc1)OS(C)(=O)=O. The maximum atomic E-state index is 11.3. The van der Waals surface area contributed by atoms with Crippen LogP contribution in [-0.4, -0.2) is 38.8 Å². The molecule has 0 saturated carbocycles. The Morgan fingerprint density at radius 1 is 1.26 bits per heavy atom. The number of nitriles is 1. The van der Waals surface area contributed by atoms with Crippen LogP contribution in [0.5, 0.6) is 0 Å². The molecule has 6 heteroatoms. The van der Waals surface area contributed by atoms with E-state index in [0.717, 1.165) is 32.3 Å². The molecule has 0 aliphatic carbocycles. The van der Waals surface area contributed by atoms with Gasteiger partial charge in [-0.15, -0.1) is 0 Å². The van der Waals surface area contributed by atoms with Gasteiger partial charge in [0.15, 0.2) is 0 Å². The van der Waals surface area contributed by atoms with E-state index in [1.54, 1.807) is 0 Å². The van der Waals surface area contributed by atoms with E-state index in [4.69, 9.17) is 9.44 Å². The Bertz CT molecular complexity index is 582. The third kappa shape index (κ3) is 9.34. The third-order valence-electron chi connectivity index (χ3n) is 3.55. The maximum Gasteiger partial charge on any atom is 0.264 e. The van der Waals surface area contributed by atoms with Crippen LogP contribution in [0.4, 0.5) is 0 Å². The van der Waals surface area contributed by atoms with Gasteiger partial charge in [0.25, 0.3) is 10.1 Å². The minimum Gasteiger partial charge on any atom is -0.299 e. The summed E-state index contributed by atoms with van der Waals surface area (Å²) in [5, 5.41) is 8.70. The van der Waals surface area contributed by atoms with Gasteiger partial charge < -0.3 is 0 Å². The van der Waals surface area contributed by atoms with Crippen molar-refractivity contribution >= 4 is 10.1 Å². The smallest absolute Gasteiger partial charge is 0.264 e. The first kappa shape index (κ1) is 19.6. The quantitative estimate of drug-likeness (QED) is 0.458. The Labute approximate surface area is 140 Å². The fraction of sp³-hybridized carbons (Fsp3) is 0.588. The molecule has 5 nitrogen and oxygen atoms in total. The van der Waals surface area contributed by atoms with Gasteiger partial charge in [0.2, 0.25) is 0 Å². The predicted octanol–water partition coefficient (Wildman–Crippen LogP) is 2.94. The number of nitrogens with zero attached hydrogens (tertiary/aromatic N) is 2. The first-order valence-corrected chi connectivity index (χ1v) is 9.77. The van der Waals surface area contributed by atoms with Gasteiger partial charge in [-0.05, 0) is 31.4 Å². The summed E-state index contributed by atoms with van der Waals surface area (Å²) in [5.41, 5.74) is 1.21. The standard InChI is InChI=1S/C17H26N2O3S/c1-3-17(22-23(2,20)21)11-14-19(13-8-7-12-18)15-16-9-5-4-6-10-16/h4-6,9-10,17H,3,7-8,11,13-15H2,1-2H3. The molecular formula is C17H26N2O3S. The summed E-state index contributed by atoms with van der Waals surface area (Å²) in [5.74, 6) is 0. The van der Waals surface area contributed by atoms with Crippen molar-refractivity contribution in [2.75, 3.05) is 19.3 Å². The van der Waals surface area contributed by atoms with Crippen molar-refractivity contribution in [3.8, 4) is 6.07 Å². The second-order valence-electron chi connectivity index (χ2n) is 5.64. The molecule has 1 atom stereocenters. The molecule has 0 aliphatic rings. The third-order valence-corrected chi connectivity index (χ3v) is 4.17. The molecule has 0 spiro atoms. The van der Waals surface area contributed by atoms with Crippen LogP contribution >= 0.6 is 0 Å².